The van der Waals surface area contributed by atoms with Gasteiger partial charge in [-0.05, 0) is 32.1 Å². The van der Waals surface area contributed by atoms with Crippen LogP contribution in [-0.4, -0.2) is 45.7 Å². The lowest BCUT2D eigenvalue weighted by molar-refractivity contribution is -0.125. The minimum absolute atomic E-state index is 0.0662. The molecule has 3 heterocycles. The van der Waals surface area contributed by atoms with E-state index in [0.717, 1.165) is 61.9 Å². The molecular formula is C29H38N7O+. The Hall–Kier alpha value is -3.26. The maximum atomic E-state index is 13.1. The summed E-state index contributed by atoms with van der Waals surface area (Å²) in [5.41, 5.74) is 4.73. The van der Waals surface area contributed by atoms with Crippen LogP contribution < -0.4 is 15.1 Å². The Bertz CT molecular complexity index is 1250. The molecule has 3 aromatic rings. The molecule has 1 amide bonds. The van der Waals surface area contributed by atoms with E-state index < -0.39 is 0 Å². The molecule has 37 heavy (non-hydrogen) atoms. The van der Waals surface area contributed by atoms with Crippen LogP contribution >= 0.6 is 0 Å². The molecular weight excluding hydrogens is 462 g/mol. The van der Waals surface area contributed by atoms with Gasteiger partial charge < -0.3 is 10.6 Å². The molecule has 0 bridgehead atoms. The summed E-state index contributed by atoms with van der Waals surface area (Å²) in [5.74, 6) is 3.06. The smallest absolute Gasteiger partial charge is 0.332 e. The second-order valence-corrected chi connectivity index (χ2v) is 11.0. The fourth-order valence-electron chi connectivity index (χ4n) is 6.77. The molecule has 2 aromatic heterocycles. The molecule has 2 aliphatic carbocycles. The van der Waals surface area contributed by atoms with Gasteiger partial charge in [0.15, 0.2) is 11.9 Å². The number of hydrogen-bond acceptors (Lipinski definition) is 5. The van der Waals surface area contributed by atoms with E-state index in [4.69, 9.17) is 9.97 Å². The van der Waals surface area contributed by atoms with Crippen molar-refractivity contribution in [2.24, 2.45) is 0 Å². The first-order valence-electron chi connectivity index (χ1n) is 14.0. The number of amides is 1. The predicted molar refractivity (Wildman–Crippen MR) is 146 cm³/mol. The number of fused-ring (bicyclic) bond motifs is 1. The molecule has 8 heteroatoms. The fraction of sp³-hybridized carbons (Fsp3) is 0.517. The zero-order chi connectivity index (χ0) is 25.2. The zero-order valence-corrected chi connectivity index (χ0v) is 21.8. The molecule has 8 nitrogen and oxygen atoms in total. The largest absolute Gasteiger partial charge is 0.354 e. The molecule has 1 aromatic carbocycles. The van der Waals surface area contributed by atoms with Crippen molar-refractivity contribution in [3.63, 3.8) is 0 Å². The Morgan fingerprint density at radius 3 is 2.68 bits per heavy atom. The Morgan fingerprint density at radius 1 is 1.03 bits per heavy atom. The van der Waals surface area contributed by atoms with Gasteiger partial charge in [-0.25, -0.2) is 4.48 Å². The standard InChI is InChI=1S/C29H37N7O/c1-30-28(37)25-16-9-17-36(25,19-20-10-4-2-5-11-20)29-31-23-15-8-14-22(23)27(33-29)32-26-18-24(34-35-26)21-12-6-3-7-13-21/h2,4-5,10-11,18,21,25H,3,6-9,12-17,19H2,1H3,(H2-,30,31,32,33,34,35,37)/p+1. The van der Waals surface area contributed by atoms with Gasteiger partial charge in [-0.2, -0.15) is 15.1 Å². The summed E-state index contributed by atoms with van der Waals surface area (Å²) >= 11 is 0. The van der Waals surface area contributed by atoms with Crippen molar-refractivity contribution in [1.29, 1.82) is 0 Å². The van der Waals surface area contributed by atoms with Gasteiger partial charge >= 0.3 is 5.95 Å². The van der Waals surface area contributed by atoms with Crippen molar-refractivity contribution in [3.05, 3.63) is 58.9 Å². The van der Waals surface area contributed by atoms with E-state index in [1.54, 1.807) is 7.05 Å². The molecule has 2 fully saturated rings. The van der Waals surface area contributed by atoms with Gasteiger partial charge in [-0.3, -0.25) is 9.89 Å². The Morgan fingerprint density at radius 2 is 1.86 bits per heavy atom. The highest BCUT2D eigenvalue weighted by Gasteiger charge is 2.50. The van der Waals surface area contributed by atoms with E-state index in [1.807, 2.05) is 6.07 Å². The molecule has 1 saturated heterocycles. The van der Waals surface area contributed by atoms with E-state index in [9.17, 15) is 4.79 Å². The van der Waals surface area contributed by atoms with Crippen LogP contribution in [0.3, 0.4) is 0 Å². The molecule has 3 N–H and O–H groups in total. The number of carbonyl (C=O) groups is 1. The highest BCUT2D eigenvalue weighted by Crippen LogP contribution is 2.39. The number of benzene rings is 1. The molecule has 6 rings (SSSR count). The van der Waals surface area contributed by atoms with Gasteiger partial charge in [0.2, 0.25) is 0 Å². The van der Waals surface area contributed by atoms with Crippen molar-refractivity contribution in [2.75, 3.05) is 18.9 Å². The highest BCUT2D eigenvalue weighted by molar-refractivity contribution is 5.84. The van der Waals surface area contributed by atoms with Crippen LogP contribution in [-0.2, 0) is 24.2 Å². The van der Waals surface area contributed by atoms with E-state index in [2.05, 4.69) is 51.2 Å². The number of aromatic nitrogens is 4. The summed E-state index contributed by atoms with van der Waals surface area (Å²) in [6, 6.07) is 12.4. The minimum atomic E-state index is -0.208. The minimum Gasteiger partial charge on any atom is -0.354 e. The number of aromatic amines is 1. The van der Waals surface area contributed by atoms with E-state index in [1.165, 1.54) is 48.9 Å². The van der Waals surface area contributed by atoms with Crippen molar-refractivity contribution in [2.45, 2.75) is 82.7 Å². The van der Waals surface area contributed by atoms with E-state index in [-0.39, 0.29) is 11.9 Å². The highest BCUT2D eigenvalue weighted by atomic mass is 16.2. The SMILES string of the molecule is CNC(=O)C1CCC[N+]1(Cc1ccccc1)c1nc2c(c(Nc3cc(C4CCCCC4)[nH]n3)n1)CCC2. The maximum Gasteiger partial charge on any atom is 0.332 e. The number of nitrogens with one attached hydrogen (secondary N) is 3. The number of likely N-dealkylation sites (tertiary alicyclic amines) is 1. The third-order valence-electron chi connectivity index (χ3n) is 8.70. The van der Waals surface area contributed by atoms with Crippen LogP contribution in [0.1, 0.15) is 79.8 Å². The van der Waals surface area contributed by atoms with Gasteiger partial charge in [0.05, 0.1) is 12.2 Å². The van der Waals surface area contributed by atoms with Crippen molar-refractivity contribution >= 4 is 23.5 Å². The molecule has 1 saturated carbocycles. The predicted octanol–water partition coefficient (Wildman–Crippen LogP) is 4.90. The fourth-order valence-corrected chi connectivity index (χ4v) is 6.77. The number of hydrogen-bond donors (Lipinski definition) is 3. The number of likely N-dealkylation sites (N-methyl/N-ethyl adjacent to an activating group) is 1. The molecule has 194 valence electrons. The first kappa shape index (κ1) is 24.1. The summed E-state index contributed by atoms with van der Waals surface area (Å²) in [4.78, 5) is 23.5. The number of aryl methyl sites for hydroxylation is 1. The van der Waals surface area contributed by atoms with Gasteiger partial charge in [-0.1, -0.05) is 49.6 Å². The first-order chi connectivity index (χ1) is 18.2. The van der Waals surface area contributed by atoms with Crippen LogP contribution in [0.25, 0.3) is 0 Å². The second-order valence-electron chi connectivity index (χ2n) is 11.0. The van der Waals surface area contributed by atoms with Gasteiger partial charge in [0.25, 0.3) is 5.91 Å². The average Bonchev–Trinajstić information content (AvgIpc) is 3.70. The Kier molecular flexibility index (Phi) is 6.67. The monoisotopic (exact) mass is 500 g/mol. The molecule has 2 unspecified atom stereocenters. The number of carbonyl (C=O) groups excluding carboxylic acids is 1. The van der Waals surface area contributed by atoms with Crippen molar-refractivity contribution in [1.82, 2.24) is 30.0 Å². The average molecular weight is 501 g/mol. The normalized spacial score (nSPS) is 23.6. The lowest BCUT2D eigenvalue weighted by atomic mass is 9.87. The first-order valence-corrected chi connectivity index (χ1v) is 14.0. The number of anilines is 2. The van der Waals surface area contributed by atoms with E-state index >= 15 is 0 Å². The van der Waals surface area contributed by atoms with E-state index in [0.29, 0.717) is 16.9 Å². The molecule has 0 spiro atoms. The topological polar surface area (TPSA) is 95.6 Å². The van der Waals surface area contributed by atoms with Gasteiger partial charge in [0.1, 0.15) is 12.4 Å². The summed E-state index contributed by atoms with van der Waals surface area (Å²) in [6.45, 7) is 1.55. The molecule has 3 aliphatic rings. The summed E-state index contributed by atoms with van der Waals surface area (Å²) < 4.78 is 0.458. The molecule has 2 atom stereocenters. The molecule has 1 aliphatic heterocycles. The van der Waals surface area contributed by atoms with Crippen LogP contribution in [0.4, 0.5) is 17.6 Å². The van der Waals surface area contributed by atoms with Gasteiger partial charge in [-0.15, -0.1) is 0 Å². The third kappa shape index (κ3) is 4.63. The quantitative estimate of drug-likeness (QED) is 0.401. The number of H-pyrrole nitrogens is 1. The third-order valence-corrected chi connectivity index (χ3v) is 8.70. The van der Waals surface area contributed by atoms with Crippen LogP contribution in [0.5, 0.6) is 0 Å². The summed E-state index contributed by atoms with van der Waals surface area (Å²) in [5, 5.41) is 14.4. The lowest BCUT2D eigenvalue weighted by Crippen LogP contribution is -2.58. The summed E-state index contributed by atoms with van der Waals surface area (Å²) in [6.07, 6.45) is 11.2. The van der Waals surface area contributed by atoms with Gasteiger partial charge in [0, 0.05) is 48.7 Å². The zero-order valence-electron chi connectivity index (χ0n) is 21.8. The Balaban J connectivity index is 1.38. The Labute approximate surface area is 218 Å². The number of rotatable bonds is 7. The lowest BCUT2D eigenvalue weighted by Gasteiger charge is -2.36. The number of nitrogens with zero attached hydrogens (tertiary/aromatic N) is 4. The van der Waals surface area contributed by atoms with Crippen LogP contribution in [0.15, 0.2) is 36.4 Å². The van der Waals surface area contributed by atoms with Crippen molar-refractivity contribution < 1.29 is 4.79 Å². The second kappa shape index (κ2) is 10.2. The van der Waals surface area contributed by atoms with Crippen LogP contribution in [0, 0.1) is 0 Å². The molecule has 0 radical (unpaired) electrons. The van der Waals surface area contributed by atoms with Crippen molar-refractivity contribution in [3.8, 4) is 0 Å². The summed E-state index contributed by atoms with van der Waals surface area (Å²) in [7, 11) is 1.73. The number of quaternary nitrogens is 1. The maximum absolute atomic E-state index is 13.1. The van der Waals surface area contributed by atoms with Crippen LogP contribution in [0.2, 0.25) is 0 Å².